The topological polar surface area (TPSA) is 50.4 Å². The average molecular weight is 339 g/mol. The molecule has 0 unspecified atom stereocenters. The van der Waals surface area contributed by atoms with Gasteiger partial charge in [0, 0.05) is 5.02 Å². The van der Waals surface area contributed by atoms with E-state index < -0.39 is 0 Å². The van der Waals surface area contributed by atoms with E-state index in [2.05, 4.69) is 10.6 Å². The largest absolute Gasteiger partial charge is 0.492 e. The van der Waals surface area contributed by atoms with Gasteiger partial charge in [-0.1, -0.05) is 35.3 Å². The molecule has 0 atom stereocenters. The molecule has 0 heterocycles. The van der Waals surface area contributed by atoms with E-state index in [9.17, 15) is 4.79 Å². The van der Waals surface area contributed by atoms with Gasteiger partial charge < -0.3 is 15.4 Å². The SMILES string of the molecule is O=C(CNc1ccccc1Cl)NCCOc1ccc(Cl)cc1. The molecule has 0 aliphatic carbocycles. The fourth-order valence-electron chi connectivity index (χ4n) is 1.73. The van der Waals surface area contributed by atoms with Gasteiger partial charge in [-0.2, -0.15) is 0 Å². The summed E-state index contributed by atoms with van der Waals surface area (Å²) in [5.74, 6) is 0.590. The van der Waals surface area contributed by atoms with Gasteiger partial charge >= 0.3 is 0 Å². The molecule has 0 aliphatic heterocycles. The van der Waals surface area contributed by atoms with Crippen LogP contribution < -0.4 is 15.4 Å². The Balaban J connectivity index is 1.64. The summed E-state index contributed by atoms with van der Waals surface area (Å²) in [6.07, 6.45) is 0. The van der Waals surface area contributed by atoms with Crippen LogP contribution in [0.4, 0.5) is 5.69 Å². The molecule has 0 bridgehead atoms. The van der Waals surface area contributed by atoms with Crippen molar-refractivity contribution < 1.29 is 9.53 Å². The number of hydrogen-bond acceptors (Lipinski definition) is 3. The number of benzene rings is 2. The zero-order valence-corrected chi connectivity index (χ0v) is 13.3. The quantitative estimate of drug-likeness (QED) is 0.758. The number of hydrogen-bond donors (Lipinski definition) is 2. The fourth-order valence-corrected chi connectivity index (χ4v) is 2.06. The van der Waals surface area contributed by atoms with Crippen molar-refractivity contribution in [2.45, 2.75) is 0 Å². The molecule has 6 heteroatoms. The molecule has 0 spiro atoms. The highest BCUT2D eigenvalue weighted by molar-refractivity contribution is 6.33. The van der Waals surface area contributed by atoms with Gasteiger partial charge in [0.05, 0.1) is 23.8 Å². The molecule has 4 nitrogen and oxygen atoms in total. The molecule has 0 saturated carbocycles. The van der Waals surface area contributed by atoms with Crippen LogP contribution in [0.15, 0.2) is 48.5 Å². The highest BCUT2D eigenvalue weighted by atomic mass is 35.5. The van der Waals surface area contributed by atoms with Crippen LogP contribution in [0.2, 0.25) is 10.0 Å². The number of carbonyl (C=O) groups excluding carboxylic acids is 1. The third-order valence-corrected chi connectivity index (χ3v) is 3.40. The lowest BCUT2D eigenvalue weighted by Gasteiger charge is -2.10. The lowest BCUT2D eigenvalue weighted by atomic mass is 10.3. The minimum atomic E-state index is -0.125. The summed E-state index contributed by atoms with van der Waals surface area (Å²) >= 11 is 11.8. The molecular weight excluding hydrogens is 323 g/mol. The van der Waals surface area contributed by atoms with Crippen LogP contribution in [0.1, 0.15) is 0 Å². The van der Waals surface area contributed by atoms with E-state index in [1.165, 1.54) is 0 Å². The molecule has 116 valence electrons. The van der Waals surface area contributed by atoms with E-state index in [0.29, 0.717) is 28.9 Å². The number of para-hydroxylation sites is 1. The molecule has 1 amide bonds. The first-order valence-corrected chi connectivity index (χ1v) is 7.54. The van der Waals surface area contributed by atoms with Crippen LogP contribution in [0.5, 0.6) is 5.75 Å². The molecule has 0 aliphatic rings. The van der Waals surface area contributed by atoms with Gasteiger partial charge in [-0.3, -0.25) is 4.79 Å². The van der Waals surface area contributed by atoms with Crippen molar-refractivity contribution >= 4 is 34.8 Å². The Hall–Kier alpha value is -1.91. The highest BCUT2D eigenvalue weighted by Gasteiger charge is 2.03. The van der Waals surface area contributed by atoms with Crippen LogP contribution in [0, 0.1) is 0 Å². The summed E-state index contributed by atoms with van der Waals surface area (Å²) in [6, 6.07) is 14.3. The Morgan fingerprint density at radius 3 is 2.50 bits per heavy atom. The second kappa shape index (κ2) is 8.51. The van der Waals surface area contributed by atoms with E-state index >= 15 is 0 Å². The first-order chi connectivity index (χ1) is 10.6. The third-order valence-electron chi connectivity index (χ3n) is 2.82. The van der Waals surface area contributed by atoms with Gasteiger partial charge in [0.1, 0.15) is 12.4 Å². The van der Waals surface area contributed by atoms with Crippen LogP contribution in [-0.4, -0.2) is 25.6 Å². The lowest BCUT2D eigenvalue weighted by molar-refractivity contribution is -0.119. The van der Waals surface area contributed by atoms with E-state index in [-0.39, 0.29) is 12.5 Å². The molecular formula is C16H16Cl2N2O2. The van der Waals surface area contributed by atoms with Gasteiger partial charge in [-0.05, 0) is 36.4 Å². The minimum Gasteiger partial charge on any atom is -0.492 e. The lowest BCUT2D eigenvalue weighted by Crippen LogP contribution is -2.33. The van der Waals surface area contributed by atoms with Gasteiger partial charge in [-0.25, -0.2) is 0 Å². The molecule has 0 saturated heterocycles. The van der Waals surface area contributed by atoms with Crippen molar-refractivity contribution in [2.75, 3.05) is 25.0 Å². The van der Waals surface area contributed by atoms with Crippen molar-refractivity contribution in [1.29, 1.82) is 0 Å². The van der Waals surface area contributed by atoms with Crippen molar-refractivity contribution in [3.63, 3.8) is 0 Å². The average Bonchev–Trinajstić information content (AvgIpc) is 2.52. The predicted octanol–water partition coefficient (Wildman–Crippen LogP) is 3.60. The summed E-state index contributed by atoms with van der Waals surface area (Å²) in [5, 5.41) is 6.98. The number of halogens is 2. The van der Waals surface area contributed by atoms with Crippen LogP contribution in [0.25, 0.3) is 0 Å². The fraction of sp³-hybridized carbons (Fsp3) is 0.188. The molecule has 2 aromatic rings. The Morgan fingerprint density at radius 1 is 1.05 bits per heavy atom. The Kier molecular flexibility index (Phi) is 6.37. The Bertz CT molecular complexity index is 618. The zero-order valence-electron chi connectivity index (χ0n) is 11.8. The van der Waals surface area contributed by atoms with E-state index in [4.69, 9.17) is 27.9 Å². The minimum absolute atomic E-state index is 0.125. The normalized spacial score (nSPS) is 10.1. The maximum absolute atomic E-state index is 11.7. The molecule has 2 N–H and O–H groups in total. The van der Waals surface area contributed by atoms with Gasteiger partial charge in [-0.15, -0.1) is 0 Å². The zero-order chi connectivity index (χ0) is 15.8. The van der Waals surface area contributed by atoms with Crippen molar-refractivity contribution in [3.05, 3.63) is 58.6 Å². The molecule has 22 heavy (non-hydrogen) atoms. The molecule has 2 rings (SSSR count). The van der Waals surface area contributed by atoms with Crippen molar-refractivity contribution in [1.82, 2.24) is 5.32 Å². The van der Waals surface area contributed by atoms with E-state index in [0.717, 1.165) is 5.69 Å². The summed E-state index contributed by atoms with van der Waals surface area (Å²) < 4.78 is 5.48. The second-order valence-electron chi connectivity index (χ2n) is 4.49. The van der Waals surface area contributed by atoms with Crippen molar-refractivity contribution in [3.8, 4) is 5.75 Å². The van der Waals surface area contributed by atoms with Gasteiger partial charge in [0.15, 0.2) is 0 Å². The molecule has 0 aromatic heterocycles. The van der Waals surface area contributed by atoms with E-state index in [1.54, 1.807) is 30.3 Å². The predicted molar refractivity (Wildman–Crippen MR) is 89.9 cm³/mol. The van der Waals surface area contributed by atoms with Crippen molar-refractivity contribution in [2.24, 2.45) is 0 Å². The summed E-state index contributed by atoms with van der Waals surface area (Å²) in [5.41, 5.74) is 0.733. The number of carbonyl (C=O) groups is 1. The smallest absolute Gasteiger partial charge is 0.239 e. The molecule has 0 fully saturated rings. The first kappa shape index (κ1) is 16.5. The second-order valence-corrected chi connectivity index (χ2v) is 5.33. The number of nitrogens with one attached hydrogen (secondary N) is 2. The number of anilines is 1. The summed E-state index contributed by atoms with van der Waals surface area (Å²) in [6.45, 7) is 0.968. The Labute approximate surface area is 139 Å². The van der Waals surface area contributed by atoms with Crippen LogP contribution in [-0.2, 0) is 4.79 Å². The van der Waals surface area contributed by atoms with Gasteiger partial charge in [0.25, 0.3) is 0 Å². The van der Waals surface area contributed by atoms with Crippen LogP contribution in [0.3, 0.4) is 0 Å². The summed E-state index contributed by atoms with van der Waals surface area (Å²) in [4.78, 5) is 11.7. The number of ether oxygens (including phenoxy) is 1. The van der Waals surface area contributed by atoms with Gasteiger partial charge in [0.2, 0.25) is 5.91 Å². The van der Waals surface area contributed by atoms with Crippen LogP contribution >= 0.6 is 23.2 Å². The third kappa shape index (κ3) is 5.47. The highest BCUT2D eigenvalue weighted by Crippen LogP contribution is 2.19. The van der Waals surface area contributed by atoms with E-state index in [1.807, 2.05) is 18.2 Å². The number of amides is 1. The Morgan fingerprint density at radius 2 is 1.77 bits per heavy atom. The molecule has 0 radical (unpaired) electrons. The molecule has 2 aromatic carbocycles. The summed E-state index contributed by atoms with van der Waals surface area (Å²) in [7, 11) is 0. The standard InChI is InChI=1S/C16H16Cl2N2O2/c17-12-5-7-13(8-6-12)22-10-9-19-16(21)11-20-15-4-2-1-3-14(15)18/h1-8,20H,9-11H2,(H,19,21). The number of rotatable bonds is 7. The maximum atomic E-state index is 11.7. The first-order valence-electron chi connectivity index (χ1n) is 6.78. The monoisotopic (exact) mass is 338 g/mol. The maximum Gasteiger partial charge on any atom is 0.239 e.